The third-order valence-corrected chi connectivity index (χ3v) is 7.59. The summed E-state index contributed by atoms with van der Waals surface area (Å²) in [4.78, 5) is 0. The Balaban J connectivity index is 7.96. The maximum absolute atomic E-state index is 14.0. The predicted molar refractivity (Wildman–Crippen MR) is 82.7 cm³/mol. The fourth-order valence-electron chi connectivity index (χ4n) is 2.51. The van der Waals surface area contributed by atoms with Crippen molar-refractivity contribution in [3.63, 3.8) is 0 Å². The quantitative estimate of drug-likeness (QED) is 0.137. The van der Waals surface area contributed by atoms with Crippen LogP contribution >= 0.6 is 0 Å². The minimum Gasteiger partial charge on any atom is -0.304 e. The predicted octanol–water partition coefficient (Wildman–Crippen LogP) is 9.99. The van der Waals surface area contributed by atoms with Gasteiger partial charge in [0.2, 0.25) is 0 Å². The molecule has 0 aromatic heterocycles. The van der Waals surface area contributed by atoms with Crippen LogP contribution in [0.3, 0.4) is 0 Å². The average molecular weight is 852 g/mol. The highest BCUT2D eigenvalue weighted by Crippen LogP contribution is 2.66. The summed E-state index contributed by atoms with van der Waals surface area (Å²) in [7, 11) is -11.1. The van der Waals surface area contributed by atoms with Crippen LogP contribution in [-0.4, -0.2) is 92.9 Å². The van der Waals surface area contributed by atoms with Crippen molar-refractivity contribution in [2.45, 2.75) is 84.1 Å². The molecule has 0 fully saturated rings. The molecule has 0 aliphatic carbocycles. The van der Waals surface area contributed by atoms with E-state index in [2.05, 4.69) is 0 Å². The molecule has 50 heavy (non-hydrogen) atoms. The van der Waals surface area contributed by atoms with Crippen LogP contribution in [0.2, 0.25) is 0 Å². The van der Waals surface area contributed by atoms with Crippen LogP contribution in [0.1, 0.15) is 0 Å². The smallest absolute Gasteiger partial charge is 0.304 e. The van der Waals surface area contributed by atoms with Gasteiger partial charge in [0, 0.05) is 0 Å². The number of hydrogen-bond donors (Lipinski definition) is 0. The minimum absolute atomic E-state index is 1.01. The lowest BCUT2D eigenvalue weighted by Gasteiger charge is -2.45. The number of halogens is 32. The van der Waals surface area contributed by atoms with Gasteiger partial charge in [0.15, 0.2) is 0 Å². The van der Waals surface area contributed by atoms with E-state index in [4.69, 9.17) is 0 Å². The molecule has 0 radical (unpaired) electrons. The van der Waals surface area contributed by atoms with E-state index in [1.165, 1.54) is 0 Å². The molecule has 0 N–H and O–H groups in total. The Hall–Kier alpha value is -2.14. The first-order chi connectivity index (χ1) is 20.9. The second-order valence-electron chi connectivity index (χ2n) is 8.44. The Bertz CT molecular complexity index is 1180. The monoisotopic (exact) mass is 852 g/mol. The van der Waals surface area contributed by atoms with Gasteiger partial charge in [-0.2, -0.15) is 114 Å². The first kappa shape index (κ1) is 47.9. The SMILES string of the molecule is FC(F)(F)O[Si](OC(F)(F)F)(OC(F)(F)C(F)(F)C(F)(F)C(F)(F)C(F)(F)C(F)(F)C(F)(F)C(F)(F)C(F)(F)F)C(F)(F)C(F)(F)C(F)(F)F. The van der Waals surface area contributed by atoms with Crippen LogP contribution in [0.25, 0.3) is 0 Å². The van der Waals surface area contributed by atoms with E-state index in [9.17, 15) is 140 Å². The number of hydrogen-bond acceptors (Lipinski definition) is 3. The Morgan fingerprint density at radius 2 is 0.460 bits per heavy atom. The molecule has 0 bridgehead atoms. The molecule has 302 valence electrons. The molecule has 3 nitrogen and oxygen atoms in total. The van der Waals surface area contributed by atoms with Crippen LogP contribution in [0, 0.1) is 0 Å². The summed E-state index contributed by atoms with van der Waals surface area (Å²) in [5.74, 6) is -76.2. The van der Waals surface area contributed by atoms with E-state index >= 15 is 0 Å². The first-order valence-electron chi connectivity index (χ1n) is 10.0. The minimum atomic E-state index is -11.1. The summed E-state index contributed by atoms with van der Waals surface area (Å²) >= 11 is 0. The summed E-state index contributed by atoms with van der Waals surface area (Å²) in [6.45, 7) is 0. The van der Waals surface area contributed by atoms with E-state index in [-0.39, 0.29) is 0 Å². The van der Waals surface area contributed by atoms with Crippen LogP contribution in [0.5, 0.6) is 0 Å². The summed E-state index contributed by atoms with van der Waals surface area (Å²) < 4.78 is 424. The lowest BCUT2D eigenvalue weighted by molar-refractivity contribution is -0.481. The van der Waals surface area contributed by atoms with E-state index < -0.39 is 92.9 Å². The van der Waals surface area contributed by atoms with Gasteiger partial charge in [0.05, 0.1) is 0 Å². The Labute approximate surface area is 248 Å². The van der Waals surface area contributed by atoms with Crippen molar-refractivity contribution in [2.75, 3.05) is 0 Å². The van der Waals surface area contributed by atoms with Gasteiger partial charge in [-0.25, -0.2) is 0 Å². The molecule has 0 aromatic carbocycles. The molecule has 0 aliphatic heterocycles. The highest BCUT2D eigenvalue weighted by atomic mass is 28.4. The van der Waals surface area contributed by atoms with Gasteiger partial charge < -0.3 is 4.43 Å². The molecular weight excluding hydrogens is 852 g/mol. The van der Waals surface area contributed by atoms with Gasteiger partial charge in [-0.1, -0.05) is 0 Å². The summed E-state index contributed by atoms with van der Waals surface area (Å²) in [5, 5.41) is 0. The van der Waals surface area contributed by atoms with Gasteiger partial charge in [0.1, 0.15) is 0 Å². The molecule has 0 aliphatic rings. The van der Waals surface area contributed by atoms with Crippen LogP contribution < -0.4 is 0 Å². The van der Waals surface area contributed by atoms with Gasteiger partial charge in [-0.3, -0.25) is 8.85 Å². The third-order valence-electron chi connectivity index (χ3n) is 4.99. The fraction of sp³-hybridized carbons (Fsp3) is 1.00. The topological polar surface area (TPSA) is 27.7 Å². The second-order valence-corrected chi connectivity index (χ2v) is 10.8. The lowest BCUT2D eigenvalue weighted by atomic mass is 9.88. The molecule has 0 atom stereocenters. The van der Waals surface area contributed by atoms with E-state index in [1.54, 1.807) is 0 Å². The van der Waals surface area contributed by atoms with Crippen LogP contribution in [-0.2, 0) is 13.3 Å². The standard InChI is InChI=1S/C14F32O3Si/c15-1(16,2(17,18)4(21,22)6(25,26)9(31,32)33)3(19,20)5(23,24)7(27,28)11(37,38)47-50(48-13(41,42)43,49-14(44,45)46)12(39,40)8(29,30)10(34,35)36. The van der Waals surface area contributed by atoms with Crippen LogP contribution in [0.4, 0.5) is 140 Å². The normalized spacial score (nSPS) is 17.0. The number of alkyl halides is 32. The van der Waals surface area contributed by atoms with Crippen molar-refractivity contribution < 1.29 is 154 Å². The van der Waals surface area contributed by atoms with E-state index in [0.717, 1.165) is 13.3 Å². The zero-order valence-electron chi connectivity index (χ0n) is 20.8. The first-order valence-corrected chi connectivity index (χ1v) is 11.7. The van der Waals surface area contributed by atoms with Crippen molar-refractivity contribution in [3.05, 3.63) is 0 Å². The Morgan fingerprint density at radius 3 is 0.680 bits per heavy atom. The Morgan fingerprint density at radius 1 is 0.240 bits per heavy atom. The summed E-state index contributed by atoms with van der Waals surface area (Å²) in [6.07, 6.45) is -42.4. The Kier molecular flexibility index (Phi) is 11.4. The molecule has 0 spiro atoms. The summed E-state index contributed by atoms with van der Waals surface area (Å²) in [6, 6.07) is 0. The van der Waals surface area contributed by atoms with Crippen LogP contribution in [0.15, 0.2) is 0 Å². The molecule has 0 amide bonds. The third kappa shape index (κ3) is 6.99. The largest absolute Gasteiger partial charge is 0.599 e. The van der Waals surface area contributed by atoms with Crippen molar-refractivity contribution in [2.24, 2.45) is 0 Å². The zero-order valence-corrected chi connectivity index (χ0v) is 21.8. The molecular formula is C14F32O3Si. The molecule has 0 aromatic rings. The molecule has 0 saturated carbocycles. The van der Waals surface area contributed by atoms with E-state index in [0.29, 0.717) is 0 Å². The summed E-state index contributed by atoms with van der Waals surface area (Å²) in [5.41, 5.74) is -9.15. The molecule has 36 heteroatoms. The molecule has 0 saturated heterocycles. The van der Waals surface area contributed by atoms with E-state index in [1.807, 2.05) is 0 Å². The van der Waals surface area contributed by atoms with Crippen molar-refractivity contribution in [1.82, 2.24) is 0 Å². The van der Waals surface area contributed by atoms with Gasteiger partial charge in [0.25, 0.3) is 0 Å². The maximum Gasteiger partial charge on any atom is 0.599 e. The van der Waals surface area contributed by atoms with Crippen molar-refractivity contribution >= 4 is 8.80 Å². The molecule has 0 rings (SSSR count). The van der Waals surface area contributed by atoms with Gasteiger partial charge in [-0.05, 0) is 0 Å². The second kappa shape index (κ2) is 11.9. The molecule has 0 heterocycles. The fourth-order valence-corrected chi connectivity index (χ4v) is 4.62. The zero-order chi connectivity index (χ0) is 41.6. The number of rotatable bonds is 13. The van der Waals surface area contributed by atoms with Gasteiger partial charge in [-0.15, -0.1) is 26.3 Å². The highest BCUT2D eigenvalue weighted by molar-refractivity contribution is 6.64. The lowest BCUT2D eigenvalue weighted by Crippen LogP contribution is -2.78. The van der Waals surface area contributed by atoms with Crippen molar-refractivity contribution in [1.29, 1.82) is 0 Å². The highest BCUT2D eigenvalue weighted by Gasteiger charge is 2.98. The molecule has 0 unspecified atom stereocenters. The average Bonchev–Trinajstić information content (AvgIpc) is 2.78. The van der Waals surface area contributed by atoms with Crippen molar-refractivity contribution in [3.8, 4) is 0 Å². The maximum atomic E-state index is 14.0. The van der Waals surface area contributed by atoms with Gasteiger partial charge >= 0.3 is 92.9 Å².